The Morgan fingerprint density at radius 2 is 1.94 bits per heavy atom. The fraction of sp³-hybridized carbons (Fsp3) is 0.519. The third kappa shape index (κ3) is 2.76. The second-order valence-electron chi connectivity index (χ2n) is 10.5. The smallest absolute Gasteiger partial charge is 0.245 e. The molecule has 2 saturated carbocycles. The van der Waals surface area contributed by atoms with Gasteiger partial charge in [-0.1, -0.05) is 31.6 Å². The Labute approximate surface area is 183 Å². The van der Waals surface area contributed by atoms with Crippen LogP contribution in [0.3, 0.4) is 0 Å². The van der Waals surface area contributed by atoms with Crippen molar-refractivity contribution >= 4 is 11.4 Å². The van der Waals surface area contributed by atoms with Crippen molar-refractivity contribution in [2.75, 3.05) is 0 Å². The summed E-state index contributed by atoms with van der Waals surface area (Å²) in [6, 6.07) is 5.81. The summed E-state index contributed by atoms with van der Waals surface area (Å²) in [6.07, 6.45) is 15.7. The molecule has 2 aromatic heterocycles. The lowest BCUT2D eigenvalue weighted by molar-refractivity contribution is -0.117. The summed E-state index contributed by atoms with van der Waals surface area (Å²) < 4.78 is 6.23. The molecular formula is C27H30N2O2. The largest absolute Gasteiger partial charge is 0.435 e. The Morgan fingerprint density at radius 3 is 2.77 bits per heavy atom. The zero-order valence-electron chi connectivity index (χ0n) is 18.4. The van der Waals surface area contributed by atoms with Gasteiger partial charge in [-0.3, -0.25) is 9.78 Å². The van der Waals surface area contributed by atoms with Crippen LogP contribution in [0.5, 0.6) is 0 Å². The first-order valence-electron chi connectivity index (χ1n) is 11.8. The molecule has 0 saturated heterocycles. The van der Waals surface area contributed by atoms with E-state index < -0.39 is 0 Å². The second kappa shape index (κ2) is 6.75. The number of carbonyl (C=O) groups excluding carboxylic acids is 1. The van der Waals surface area contributed by atoms with Crippen molar-refractivity contribution in [2.24, 2.45) is 28.6 Å². The number of hydrogen-bond acceptors (Lipinski definition) is 4. The molecule has 4 aliphatic carbocycles. The summed E-state index contributed by atoms with van der Waals surface area (Å²) in [5.41, 5.74) is 3.93. The number of hydrogen-bond donors (Lipinski definition) is 0. The van der Waals surface area contributed by atoms with E-state index >= 15 is 0 Å². The quantitative estimate of drug-likeness (QED) is 0.582. The first-order chi connectivity index (χ1) is 15.0. The summed E-state index contributed by atoms with van der Waals surface area (Å²) in [7, 11) is 0. The molecule has 2 aromatic rings. The molecule has 1 unspecified atom stereocenters. The fourth-order valence-corrected chi connectivity index (χ4v) is 7.51. The van der Waals surface area contributed by atoms with Gasteiger partial charge in [0.15, 0.2) is 11.5 Å². The standard InChI is InChI=1S/C27H30N2O2/c1-26-12-10-18(30)15-17(26)6-7-19-20-8-9-22(27(20,2)13-11-21(19)26)24-16-29-25(31-24)23-5-3-4-14-28-23/h3-5,9,14-16,19-21H,6-8,10-13H2,1-2H3/t19-,20?,21-,26-,27-/m0/s1. The van der Waals surface area contributed by atoms with Crippen LogP contribution in [0.4, 0.5) is 0 Å². The van der Waals surface area contributed by atoms with Gasteiger partial charge in [0.25, 0.3) is 0 Å². The van der Waals surface area contributed by atoms with Crippen LogP contribution >= 0.6 is 0 Å². The van der Waals surface area contributed by atoms with Crippen LogP contribution in [-0.4, -0.2) is 15.8 Å². The molecule has 2 heterocycles. The Balaban J connectivity index is 1.30. The van der Waals surface area contributed by atoms with Crippen molar-refractivity contribution in [1.29, 1.82) is 0 Å². The maximum atomic E-state index is 12.1. The number of pyridine rings is 1. The van der Waals surface area contributed by atoms with Gasteiger partial charge in [0.2, 0.25) is 5.89 Å². The molecule has 2 fully saturated rings. The fourth-order valence-electron chi connectivity index (χ4n) is 7.51. The van der Waals surface area contributed by atoms with Gasteiger partial charge in [0, 0.05) is 12.6 Å². The molecule has 6 rings (SSSR count). The van der Waals surface area contributed by atoms with Crippen molar-refractivity contribution in [3.05, 3.63) is 54.1 Å². The number of aromatic nitrogens is 2. The molecular weight excluding hydrogens is 384 g/mol. The average molecular weight is 415 g/mol. The molecule has 4 aliphatic rings. The minimum absolute atomic E-state index is 0.143. The predicted molar refractivity (Wildman–Crippen MR) is 120 cm³/mol. The van der Waals surface area contributed by atoms with Gasteiger partial charge >= 0.3 is 0 Å². The monoisotopic (exact) mass is 414 g/mol. The second-order valence-corrected chi connectivity index (χ2v) is 10.5. The predicted octanol–water partition coefficient (Wildman–Crippen LogP) is 6.26. The van der Waals surface area contributed by atoms with E-state index in [-0.39, 0.29) is 10.8 Å². The molecule has 31 heavy (non-hydrogen) atoms. The van der Waals surface area contributed by atoms with Gasteiger partial charge in [-0.2, -0.15) is 0 Å². The zero-order valence-corrected chi connectivity index (χ0v) is 18.4. The number of allylic oxidation sites excluding steroid dienone is 4. The molecule has 4 heteroatoms. The van der Waals surface area contributed by atoms with Crippen LogP contribution < -0.4 is 0 Å². The summed E-state index contributed by atoms with van der Waals surface area (Å²) >= 11 is 0. The van der Waals surface area contributed by atoms with E-state index in [1.807, 2.05) is 30.5 Å². The van der Waals surface area contributed by atoms with Gasteiger partial charge in [-0.25, -0.2) is 4.98 Å². The molecule has 0 amide bonds. The Morgan fingerprint density at radius 1 is 1.03 bits per heavy atom. The van der Waals surface area contributed by atoms with E-state index in [0.717, 1.165) is 43.1 Å². The average Bonchev–Trinajstić information content (AvgIpc) is 3.39. The van der Waals surface area contributed by atoms with Gasteiger partial charge in [0.1, 0.15) is 5.69 Å². The molecule has 0 N–H and O–H groups in total. The van der Waals surface area contributed by atoms with Crippen LogP contribution in [0.2, 0.25) is 0 Å². The van der Waals surface area contributed by atoms with E-state index in [9.17, 15) is 4.79 Å². The number of ketones is 1. The van der Waals surface area contributed by atoms with Crippen molar-refractivity contribution in [2.45, 2.75) is 58.8 Å². The summed E-state index contributed by atoms with van der Waals surface area (Å²) in [5, 5.41) is 0. The summed E-state index contributed by atoms with van der Waals surface area (Å²) in [6.45, 7) is 4.90. The van der Waals surface area contributed by atoms with Crippen molar-refractivity contribution in [3.63, 3.8) is 0 Å². The van der Waals surface area contributed by atoms with E-state index in [1.165, 1.54) is 30.4 Å². The third-order valence-corrected chi connectivity index (χ3v) is 9.20. The van der Waals surface area contributed by atoms with Crippen LogP contribution in [0, 0.1) is 28.6 Å². The number of rotatable bonds is 2. The lowest BCUT2D eigenvalue weighted by Crippen LogP contribution is -2.49. The van der Waals surface area contributed by atoms with Crippen LogP contribution in [-0.2, 0) is 4.79 Å². The van der Waals surface area contributed by atoms with Crippen molar-refractivity contribution < 1.29 is 9.21 Å². The van der Waals surface area contributed by atoms with Gasteiger partial charge in [-0.05, 0) is 90.9 Å². The van der Waals surface area contributed by atoms with Gasteiger partial charge in [0.05, 0.1) is 6.20 Å². The van der Waals surface area contributed by atoms with Crippen LogP contribution in [0.25, 0.3) is 17.2 Å². The lowest BCUT2D eigenvalue weighted by Gasteiger charge is -2.57. The highest BCUT2D eigenvalue weighted by Gasteiger charge is 2.57. The third-order valence-electron chi connectivity index (χ3n) is 9.20. The highest BCUT2D eigenvalue weighted by Crippen LogP contribution is 2.66. The lowest BCUT2D eigenvalue weighted by atomic mass is 9.47. The van der Waals surface area contributed by atoms with Crippen molar-refractivity contribution in [3.8, 4) is 11.6 Å². The van der Waals surface area contributed by atoms with E-state index in [2.05, 4.69) is 29.9 Å². The molecule has 0 bridgehead atoms. The normalized spacial score (nSPS) is 36.8. The first-order valence-corrected chi connectivity index (χ1v) is 11.8. The summed E-state index contributed by atoms with van der Waals surface area (Å²) in [5.74, 6) is 3.93. The minimum Gasteiger partial charge on any atom is -0.435 e. The molecule has 0 aliphatic heterocycles. The number of carbonyl (C=O) groups is 1. The summed E-state index contributed by atoms with van der Waals surface area (Å²) in [4.78, 5) is 21.0. The molecule has 5 atom stereocenters. The number of oxazole rings is 1. The number of nitrogens with zero attached hydrogens (tertiary/aromatic N) is 2. The molecule has 4 nitrogen and oxygen atoms in total. The van der Waals surface area contributed by atoms with Crippen LogP contribution in [0.1, 0.15) is 64.6 Å². The zero-order chi connectivity index (χ0) is 21.2. The van der Waals surface area contributed by atoms with E-state index in [1.54, 1.807) is 6.20 Å². The maximum absolute atomic E-state index is 12.1. The minimum atomic E-state index is 0.143. The molecule has 160 valence electrons. The molecule has 0 spiro atoms. The molecule has 0 radical (unpaired) electrons. The Bertz CT molecular complexity index is 1100. The maximum Gasteiger partial charge on any atom is 0.245 e. The SMILES string of the molecule is C[C@]12CCC(=O)C=C1CC[C@H]1C3CC=C(c4cnc(-c5ccccn5)o4)[C@@]3(C)CC[C@@H]12. The first kappa shape index (κ1) is 19.2. The van der Waals surface area contributed by atoms with Crippen molar-refractivity contribution in [1.82, 2.24) is 9.97 Å². The van der Waals surface area contributed by atoms with Gasteiger partial charge in [-0.15, -0.1) is 0 Å². The Hall–Kier alpha value is -2.49. The van der Waals surface area contributed by atoms with E-state index in [0.29, 0.717) is 23.5 Å². The highest BCUT2D eigenvalue weighted by molar-refractivity contribution is 5.91. The van der Waals surface area contributed by atoms with Gasteiger partial charge < -0.3 is 4.42 Å². The van der Waals surface area contributed by atoms with Crippen LogP contribution in [0.15, 0.2) is 52.7 Å². The number of fused-ring (bicyclic) bond motifs is 5. The topological polar surface area (TPSA) is 56.0 Å². The van der Waals surface area contributed by atoms with E-state index in [4.69, 9.17) is 4.42 Å². The molecule has 0 aromatic carbocycles. The Kier molecular flexibility index (Phi) is 4.19. The highest BCUT2D eigenvalue weighted by atomic mass is 16.4.